The van der Waals surface area contributed by atoms with E-state index < -0.39 is 0 Å². The Morgan fingerprint density at radius 2 is 2.05 bits per heavy atom. The van der Waals surface area contributed by atoms with Crippen molar-refractivity contribution in [2.75, 3.05) is 18.5 Å². The topological polar surface area (TPSA) is 47.6 Å². The fourth-order valence-electron chi connectivity index (χ4n) is 2.18. The number of amides is 1. The van der Waals surface area contributed by atoms with Gasteiger partial charge in [0.25, 0.3) is 0 Å². The number of benzene rings is 1. The SMILES string of the molecule is O=C(CCc1cccs1)Nc1cc2c(cc1Cl)OCCCO2. The summed E-state index contributed by atoms with van der Waals surface area (Å²) in [5.41, 5.74) is 0.557. The van der Waals surface area contributed by atoms with E-state index in [0.717, 1.165) is 12.8 Å². The van der Waals surface area contributed by atoms with Gasteiger partial charge in [0.2, 0.25) is 5.91 Å². The van der Waals surface area contributed by atoms with Crippen molar-refractivity contribution in [2.24, 2.45) is 0 Å². The number of hydrogen-bond donors (Lipinski definition) is 1. The highest BCUT2D eigenvalue weighted by atomic mass is 35.5. The summed E-state index contributed by atoms with van der Waals surface area (Å²) in [4.78, 5) is 13.3. The first-order chi connectivity index (χ1) is 10.7. The van der Waals surface area contributed by atoms with Gasteiger partial charge in [0.15, 0.2) is 11.5 Å². The number of ether oxygens (including phenoxy) is 2. The summed E-state index contributed by atoms with van der Waals surface area (Å²) >= 11 is 7.86. The number of carbonyl (C=O) groups excluding carboxylic acids is 1. The van der Waals surface area contributed by atoms with E-state index in [2.05, 4.69) is 5.32 Å². The molecule has 0 unspecified atom stereocenters. The van der Waals surface area contributed by atoms with Crippen molar-refractivity contribution < 1.29 is 14.3 Å². The first-order valence-corrected chi connectivity index (χ1v) is 8.39. The Hall–Kier alpha value is -1.72. The van der Waals surface area contributed by atoms with Gasteiger partial charge >= 0.3 is 0 Å². The summed E-state index contributed by atoms with van der Waals surface area (Å²) in [6, 6.07) is 7.43. The van der Waals surface area contributed by atoms with Gasteiger partial charge < -0.3 is 14.8 Å². The molecule has 0 saturated carbocycles. The van der Waals surface area contributed by atoms with E-state index in [1.165, 1.54) is 4.88 Å². The first-order valence-electron chi connectivity index (χ1n) is 7.14. The van der Waals surface area contributed by atoms with Crippen LogP contribution in [-0.2, 0) is 11.2 Å². The number of fused-ring (bicyclic) bond motifs is 1. The number of aryl methyl sites for hydroxylation is 1. The zero-order valence-corrected chi connectivity index (χ0v) is 13.5. The van der Waals surface area contributed by atoms with Gasteiger partial charge in [-0.3, -0.25) is 4.79 Å². The van der Waals surface area contributed by atoms with Crippen molar-refractivity contribution in [3.05, 3.63) is 39.5 Å². The van der Waals surface area contributed by atoms with Crippen LogP contribution < -0.4 is 14.8 Å². The molecule has 0 spiro atoms. The molecule has 0 radical (unpaired) electrons. The zero-order valence-electron chi connectivity index (χ0n) is 11.9. The van der Waals surface area contributed by atoms with Gasteiger partial charge in [-0.25, -0.2) is 0 Å². The summed E-state index contributed by atoms with van der Waals surface area (Å²) in [5, 5.41) is 5.30. The number of nitrogens with one attached hydrogen (secondary N) is 1. The Bertz CT molecular complexity index is 658. The van der Waals surface area contributed by atoms with E-state index >= 15 is 0 Å². The highest BCUT2D eigenvalue weighted by molar-refractivity contribution is 7.09. The third kappa shape index (κ3) is 3.72. The van der Waals surface area contributed by atoms with E-state index in [-0.39, 0.29) is 5.91 Å². The van der Waals surface area contributed by atoms with Crippen molar-refractivity contribution in [2.45, 2.75) is 19.3 Å². The quantitative estimate of drug-likeness (QED) is 0.912. The lowest BCUT2D eigenvalue weighted by Crippen LogP contribution is -2.12. The third-order valence-corrected chi connectivity index (χ3v) is 4.54. The molecule has 22 heavy (non-hydrogen) atoms. The molecule has 1 aromatic carbocycles. The van der Waals surface area contributed by atoms with E-state index in [1.54, 1.807) is 23.5 Å². The highest BCUT2D eigenvalue weighted by Crippen LogP contribution is 2.37. The smallest absolute Gasteiger partial charge is 0.224 e. The predicted octanol–water partition coefficient (Wildman–Crippen LogP) is 4.13. The van der Waals surface area contributed by atoms with Crippen LogP contribution in [0.3, 0.4) is 0 Å². The van der Waals surface area contributed by atoms with Crippen LogP contribution in [0.1, 0.15) is 17.7 Å². The Morgan fingerprint density at radius 1 is 1.27 bits per heavy atom. The summed E-state index contributed by atoms with van der Waals surface area (Å²) in [6.45, 7) is 1.20. The molecule has 1 amide bonds. The lowest BCUT2D eigenvalue weighted by atomic mass is 10.2. The van der Waals surface area contributed by atoms with Crippen molar-refractivity contribution in [3.8, 4) is 11.5 Å². The maximum Gasteiger partial charge on any atom is 0.224 e. The maximum atomic E-state index is 12.1. The average molecular weight is 338 g/mol. The second-order valence-corrected chi connectivity index (χ2v) is 6.40. The van der Waals surface area contributed by atoms with Crippen LogP contribution in [-0.4, -0.2) is 19.1 Å². The number of thiophene rings is 1. The van der Waals surface area contributed by atoms with Crippen LogP contribution in [0.5, 0.6) is 11.5 Å². The average Bonchev–Trinajstić information content (AvgIpc) is 2.92. The molecule has 0 fully saturated rings. The summed E-state index contributed by atoms with van der Waals surface area (Å²) < 4.78 is 11.2. The second-order valence-electron chi connectivity index (χ2n) is 4.96. The van der Waals surface area contributed by atoms with Crippen molar-refractivity contribution in [1.82, 2.24) is 0 Å². The largest absolute Gasteiger partial charge is 0.490 e. The van der Waals surface area contributed by atoms with Gasteiger partial charge in [-0.15, -0.1) is 11.3 Å². The number of hydrogen-bond acceptors (Lipinski definition) is 4. The van der Waals surface area contributed by atoms with Crippen molar-refractivity contribution in [3.63, 3.8) is 0 Å². The van der Waals surface area contributed by atoms with Crippen LogP contribution in [0.2, 0.25) is 5.02 Å². The number of rotatable bonds is 4. The summed E-state index contributed by atoms with van der Waals surface area (Å²) in [5.74, 6) is 1.18. The van der Waals surface area contributed by atoms with Crippen molar-refractivity contribution in [1.29, 1.82) is 0 Å². The normalized spacial score (nSPS) is 13.5. The van der Waals surface area contributed by atoms with Crippen molar-refractivity contribution >= 4 is 34.5 Å². The predicted molar refractivity (Wildman–Crippen MR) is 88.3 cm³/mol. The highest BCUT2D eigenvalue weighted by Gasteiger charge is 2.15. The molecule has 2 heterocycles. The van der Waals surface area contributed by atoms with Gasteiger partial charge in [0.05, 0.1) is 23.9 Å². The minimum Gasteiger partial charge on any atom is -0.490 e. The molecule has 1 aliphatic heterocycles. The molecule has 0 bridgehead atoms. The van der Waals surface area contributed by atoms with E-state index in [4.69, 9.17) is 21.1 Å². The first kappa shape index (κ1) is 15.2. The molecule has 3 rings (SSSR count). The standard InChI is InChI=1S/C16H16ClNO3S/c17-12-9-14-15(21-7-2-6-20-14)10-13(12)18-16(19)5-4-11-3-1-8-22-11/h1,3,8-10H,2,4-7H2,(H,18,19). The Morgan fingerprint density at radius 3 is 2.77 bits per heavy atom. The van der Waals surface area contributed by atoms with E-state index in [9.17, 15) is 4.79 Å². The number of anilines is 1. The molecule has 6 heteroatoms. The summed E-state index contributed by atoms with van der Waals surface area (Å²) in [6.07, 6.45) is 1.98. The summed E-state index contributed by atoms with van der Waals surface area (Å²) in [7, 11) is 0. The molecule has 1 aliphatic rings. The fraction of sp³-hybridized carbons (Fsp3) is 0.312. The lowest BCUT2D eigenvalue weighted by Gasteiger charge is -2.12. The van der Waals surface area contributed by atoms with Gasteiger partial charge in [-0.2, -0.15) is 0 Å². The van der Waals surface area contributed by atoms with Gasteiger partial charge in [0.1, 0.15) is 0 Å². The Labute approximate surface area is 138 Å². The van der Waals surface area contributed by atoms with Crippen LogP contribution in [0.25, 0.3) is 0 Å². The number of carbonyl (C=O) groups is 1. The third-order valence-electron chi connectivity index (χ3n) is 3.29. The molecule has 116 valence electrons. The molecule has 4 nitrogen and oxygen atoms in total. The minimum atomic E-state index is -0.0650. The monoisotopic (exact) mass is 337 g/mol. The maximum absolute atomic E-state index is 12.1. The van der Waals surface area contributed by atoms with Crippen LogP contribution in [0, 0.1) is 0 Å². The molecular weight excluding hydrogens is 322 g/mol. The van der Waals surface area contributed by atoms with Gasteiger partial charge in [-0.05, 0) is 17.9 Å². The molecule has 0 saturated heterocycles. The zero-order chi connectivity index (χ0) is 15.4. The minimum absolute atomic E-state index is 0.0650. The van der Waals surface area contributed by atoms with Gasteiger partial charge in [-0.1, -0.05) is 17.7 Å². The van der Waals surface area contributed by atoms with Gasteiger partial charge in [0, 0.05) is 29.9 Å². The fourth-order valence-corrected chi connectivity index (χ4v) is 3.09. The van der Waals surface area contributed by atoms with E-state index in [1.807, 2.05) is 17.5 Å². The Kier molecular flexibility index (Phi) is 4.85. The van der Waals surface area contributed by atoms with E-state index in [0.29, 0.717) is 41.8 Å². The molecule has 2 aromatic rings. The molecule has 1 N–H and O–H groups in total. The van der Waals surface area contributed by atoms with Crippen LogP contribution in [0.15, 0.2) is 29.6 Å². The lowest BCUT2D eigenvalue weighted by molar-refractivity contribution is -0.116. The molecule has 1 aromatic heterocycles. The van der Waals surface area contributed by atoms with Crippen LogP contribution in [0.4, 0.5) is 5.69 Å². The second kappa shape index (κ2) is 7.03. The molecule has 0 aliphatic carbocycles. The van der Waals surface area contributed by atoms with Crippen LogP contribution >= 0.6 is 22.9 Å². The number of halogens is 1. The molecule has 0 atom stereocenters. The molecular formula is C16H16ClNO3S. The Balaban J connectivity index is 1.66.